The van der Waals surface area contributed by atoms with Crippen molar-refractivity contribution >= 4 is 48.2 Å². The second-order valence-electron chi connectivity index (χ2n) is 10.1. The molecule has 18 heteroatoms. The van der Waals surface area contributed by atoms with Crippen LogP contribution in [0.3, 0.4) is 0 Å². The molecule has 5 rings (SSSR count). The number of carbonyl (C=O) groups excluding carboxylic acids is 1. The first kappa shape index (κ1) is 31.3. The van der Waals surface area contributed by atoms with Crippen molar-refractivity contribution in [3.63, 3.8) is 0 Å². The smallest absolute Gasteiger partial charge is 0.459 e. The van der Waals surface area contributed by atoms with Crippen LogP contribution in [-0.2, 0) is 23.4 Å². The number of fused-ring (bicyclic) bond motifs is 1. The number of hydrogen-bond donors (Lipinski definition) is 4. The third-order valence-electron chi connectivity index (χ3n) is 6.80. The minimum absolute atomic E-state index is 0.0445. The minimum atomic E-state index is -4.40. The van der Waals surface area contributed by atoms with Crippen molar-refractivity contribution in [1.29, 1.82) is 0 Å². The summed E-state index contributed by atoms with van der Waals surface area (Å²) >= 11 is 6.43. The number of imidazole rings is 1. The average Bonchev–Trinajstić information content (AvgIpc) is 3.62. The number of rotatable bonds is 13. The zero-order valence-electron chi connectivity index (χ0n) is 23.1. The summed E-state index contributed by atoms with van der Waals surface area (Å²) in [4.78, 5) is 22.1. The molecule has 1 aromatic carbocycles. The predicted octanol–water partition coefficient (Wildman–Crippen LogP) is 3.23. The zero-order chi connectivity index (χ0) is 30.9. The Morgan fingerprint density at radius 3 is 2.70 bits per heavy atom. The average molecular weight is 646 g/mol. The molecule has 0 spiro atoms. The summed E-state index contributed by atoms with van der Waals surface area (Å²) in [5, 5.41) is 16.7. The highest BCUT2D eigenvalue weighted by molar-refractivity contribution is 7.52. The van der Waals surface area contributed by atoms with E-state index >= 15 is 0 Å². The molecular formula is C25H31ClF2N7O7P. The Morgan fingerprint density at radius 1 is 1.33 bits per heavy atom. The first-order valence-electron chi connectivity index (χ1n) is 13.5. The number of aliphatic hydroxyl groups excluding tert-OH is 1. The van der Waals surface area contributed by atoms with Gasteiger partial charge in [0.05, 0.1) is 19.5 Å². The topological polar surface area (TPSA) is 185 Å². The molecule has 5 N–H and O–H groups in total. The van der Waals surface area contributed by atoms with Gasteiger partial charge >= 0.3 is 13.7 Å². The van der Waals surface area contributed by atoms with Gasteiger partial charge in [-0.05, 0) is 38.8 Å². The molecule has 2 aliphatic rings. The fourth-order valence-electron chi connectivity index (χ4n) is 4.49. The fourth-order valence-corrected chi connectivity index (χ4v) is 6.29. The van der Waals surface area contributed by atoms with Crippen molar-refractivity contribution < 1.29 is 41.8 Å². The molecule has 43 heavy (non-hydrogen) atoms. The van der Waals surface area contributed by atoms with Crippen molar-refractivity contribution in [2.45, 2.75) is 68.5 Å². The minimum Gasteiger partial charge on any atom is -0.465 e. The van der Waals surface area contributed by atoms with E-state index in [1.165, 1.54) is 25.4 Å². The van der Waals surface area contributed by atoms with E-state index < -0.39 is 56.1 Å². The Morgan fingerprint density at radius 2 is 2.05 bits per heavy atom. The van der Waals surface area contributed by atoms with Gasteiger partial charge in [-0.15, -0.1) is 11.6 Å². The molecule has 1 unspecified atom stereocenters. The molecule has 0 amide bonds. The highest BCUT2D eigenvalue weighted by Gasteiger charge is 2.62. The summed E-state index contributed by atoms with van der Waals surface area (Å²) < 4.78 is 65.9. The highest BCUT2D eigenvalue weighted by Crippen LogP contribution is 2.51. The summed E-state index contributed by atoms with van der Waals surface area (Å²) in [5.74, 6) is -0.437. The number of ether oxygens (including phenoxy) is 2. The maximum absolute atomic E-state index is 14.6. The molecule has 2 fully saturated rings. The lowest BCUT2D eigenvalue weighted by atomic mass is 9.99. The molecule has 1 aliphatic heterocycles. The number of benzene rings is 1. The second-order valence-corrected chi connectivity index (χ2v) is 12.4. The SMILES string of the molecule is CCOC(=O)C(C)N[P@@](=O)(OC[C@H]1O[C@@H](n2cnc3c(NC4CC4)nc(N)nc32)[C@@](Cl)(C(F)F)[C@@H]1O)Oc1ccccc1. The van der Waals surface area contributed by atoms with E-state index in [1.54, 1.807) is 25.1 Å². The summed E-state index contributed by atoms with van der Waals surface area (Å²) in [6, 6.07) is 6.95. The van der Waals surface area contributed by atoms with Crippen LogP contribution in [0.15, 0.2) is 36.7 Å². The Bertz CT molecular complexity index is 1500. The molecule has 1 saturated carbocycles. The number of esters is 1. The summed E-state index contributed by atoms with van der Waals surface area (Å²) in [5.41, 5.74) is 6.17. The predicted molar refractivity (Wildman–Crippen MR) is 151 cm³/mol. The van der Waals surface area contributed by atoms with Crippen LogP contribution in [0, 0.1) is 0 Å². The van der Waals surface area contributed by atoms with Crippen LogP contribution < -0.4 is 20.7 Å². The third kappa shape index (κ3) is 6.54. The van der Waals surface area contributed by atoms with Crippen molar-refractivity contribution in [3.8, 4) is 5.75 Å². The van der Waals surface area contributed by atoms with Crippen LogP contribution >= 0.6 is 19.3 Å². The van der Waals surface area contributed by atoms with Crippen LogP contribution in [0.4, 0.5) is 20.5 Å². The quantitative estimate of drug-likeness (QED) is 0.121. The number of nitrogens with zero attached hydrogens (tertiary/aromatic N) is 4. The number of anilines is 2. The van der Waals surface area contributed by atoms with Crippen LogP contribution in [0.5, 0.6) is 5.75 Å². The van der Waals surface area contributed by atoms with Gasteiger partial charge in [0, 0.05) is 6.04 Å². The molecular weight excluding hydrogens is 615 g/mol. The number of para-hydroxylation sites is 1. The Balaban J connectivity index is 1.41. The Kier molecular flexibility index (Phi) is 9.07. The lowest BCUT2D eigenvalue weighted by Gasteiger charge is -2.29. The number of nitrogens with two attached hydrogens (primary N) is 1. The molecule has 14 nitrogen and oxygen atoms in total. The number of hydrogen-bond acceptors (Lipinski definition) is 12. The van der Waals surface area contributed by atoms with E-state index in [0.717, 1.165) is 17.4 Å². The largest absolute Gasteiger partial charge is 0.465 e. The molecule has 6 atom stereocenters. The maximum atomic E-state index is 14.6. The number of nitrogens with one attached hydrogen (secondary N) is 2. The van der Waals surface area contributed by atoms with Crippen molar-refractivity contribution in [2.24, 2.45) is 0 Å². The van der Waals surface area contributed by atoms with Crippen LogP contribution in [0.1, 0.15) is 32.9 Å². The lowest BCUT2D eigenvalue weighted by Crippen LogP contribution is -2.48. The van der Waals surface area contributed by atoms with E-state index in [9.17, 15) is 23.2 Å². The van der Waals surface area contributed by atoms with Gasteiger partial charge in [-0.3, -0.25) is 13.9 Å². The number of nitrogen functional groups attached to an aromatic ring is 1. The third-order valence-corrected chi connectivity index (χ3v) is 9.02. The molecule has 234 valence electrons. The van der Waals surface area contributed by atoms with Crippen molar-refractivity contribution in [1.82, 2.24) is 24.6 Å². The normalized spacial score (nSPS) is 25.9. The lowest BCUT2D eigenvalue weighted by molar-refractivity contribution is -0.144. The van der Waals surface area contributed by atoms with Gasteiger partial charge in [-0.1, -0.05) is 18.2 Å². The van der Waals surface area contributed by atoms with Crippen LogP contribution in [-0.4, -0.2) is 79.4 Å². The molecule has 3 aromatic rings. The summed E-state index contributed by atoms with van der Waals surface area (Å²) in [6.07, 6.45) is -5.57. The van der Waals surface area contributed by atoms with E-state index in [4.69, 9.17) is 35.9 Å². The van der Waals surface area contributed by atoms with Gasteiger partial charge in [0.1, 0.15) is 24.0 Å². The molecule has 3 heterocycles. The number of aliphatic hydroxyl groups is 1. The molecule has 0 radical (unpaired) electrons. The monoisotopic (exact) mass is 645 g/mol. The summed E-state index contributed by atoms with van der Waals surface area (Å²) in [6.45, 7) is 2.32. The van der Waals surface area contributed by atoms with Gasteiger partial charge in [0.2, 0.25) is 5.95 Å². The molecule has 1 aliphatic carbocycles. The van der Waals surface area contributed by atoms with Crippen LogP contribution in [0.2, 0.25) is 0 Å². The van der Waals surface area contributed by atoms with Crippen molar-refractivity contribution in [2.75, 3.05) is 24.3 Å². The highest BCUT2D eigenvalue weighted by atomic mass is 35.5. The Labute approximate surface area is 249 Å². The van der Waals surface area contributed by atoms with Gasteiger partial charge in [0.15, 0.2) is 28.1 Å². The standard InChI is InChI=1S/C25H31ClF2N7O7P/c1-3-39-21(37)13(2)34-43(38,42-15-7-5-4-6-8-15)40-11-16-18(36)25(26,22(27)28)23(41-16)35-12-30-17-19(31-14-9-10-14)32-24(29)33-20(17)35/h4-8,12-14,16,18,22-23,36H,3,9-11H2,1-2H3,(H,34,38)(H3,29,31,32,33)/t13?,16-,18-,23-,25+,43-/m1/s1. The molecule has 0 bridgehead atoms. The first-order valence-corrected chi connectivity index (χ1v) is 15.4. The van der Waals surface area contributed by atoms with Crippen LogP contribution in [0.25, 0.3) is 11.2 Å². The number of carbonyl (C=O) groups is 1. The molecule has 1 saturated heterocycles. The van der Waals surface area contributed by atoms with E-state index in [1.807, 2.05) is 0 Å². The van der Waals surface area contributed by atoms with Crippen molar-refractivity contribution in [3.05, 3.63) is 36.7 Å². The van der Waals surface area contributed by atoms with Gasteiger partial charge < -0.3 is 30.2 Å². The van der Waals surface area contributed by atoms with E-state index in [-0.39, 0.29) is 35.5 Å². The maximum Gasteiger partial charge on any atom is 0.459 e. The summed E-state index contributed by atoms with van der Waals surface area (Å²) in [7, 11) is -4.40. The first-order chi connectivity index (χ1) is 20.4. The van der Waals surface area contributed by atoms with Gasteiger partial charge in [-0.2, -0.15) is 15.1 Å². The van der Waals surface area contributed by atoms with E-state index in [2.05, 4.69) is 25.4 Å². The Hall–Kier alpha value is -3.14. The number of alkyl halides is 3. The number of aromatic nitrogens is 4. The fraction of sp³-hybridized carbons (Fsp3) is 0.520. The van der Waals surface area contributed by atoms with Gasteiger partial charge in [-0.25, -0.2) is 18.3 Å². The van der Waals surface area contributed by atoms with Gasteiger partial charge in [0.25, 0.3) is 6.43 Å². The second kappa shape index (κ2) is 12.5. The zero-order valence-corrected chi connectivity index (χ0v) is 24.8. The van der Waals surface area contributed by atoms with E-state index in [0.29, 0.717) is 5.82 Å². The molecule has 2 aromatic heterocycles. The number of halogens is 3.